The number of benzene rings is 8. The summed E-state index contributed by atoms with van der Waals surface area (Å²) in [4.78, 5) is 10.4. The van der Waals surface area contributed by atoms with Crippen LogP contribution in [0.15, 0.2) is 205 Å². The van der Waals surface area contributed by atoms with E-state index in [0.717, 1.165) is 72.3 Å². The van der Waals surface area contributed by atoms with Crippen LogP contribution >= 0.6 is 0 Å². The van der Waals surface area contributed by atoms with Crippen molar-refractivity contribution < 1.29 is 4.42 Å². The molecule has 268 valence electrons. The molecule has 2 heterocycles. The Morgan fingerprint density at radius 2 is 0.930 bits per heavy atom. The summed E-state index contributed by atoms with van der Waals surface area (Å²) >= 11 is 0. The predicted molar refractivity (Wildman–Crippen MR) is 234 cm³/mol. The fraction of sp³-hybridized carbons (Fsp3) is 0.0370. The highest BCUT2D eigenvalue weighted by Gasteiger charge is 2.40. The summed E-state index contributed by atoms with van der Waals surface area (Å²) in [7, 11) is 0. The Kier molecular flexibility index (Phi) is 7.61. The zero-order valence-electron chi connectivity index (χ0n) is 31.4. The second-order valence-electron chi connectivity index (χ2n) is 15.1. The fourth-order valence-corrected chi connectivity index (χ4v) is 8.89. The lowest BCUT2D eigenvalue weighted by atomic mass is 9.74. The van der Waals surface area contributed by atoms with Crippen LogP contribution in [0.5, 0.6) is 0 Å². The van der Waals surface area contributed by atoms with Crippen LogP contribution in [0.1, 0.15) is 23.6 Å². The van der Waals surface area contributed by atoms with Gasteiger partial charge in [-0.15, -0.1) is 0 Å². The molecule has 0 fully saturated rings. The Balaban J connectivity index is 1.00. The van der Waals surface area contributed by atoms with Gasteiger partial charge in [0, 0.05) is 32.9 Å². The third-order valence-corrected chi connectivity index (χ3v) is 11.8. The molecule has 0 radical (unpaired) electrons. The molecule has 0 saturated carbocycles. The Morgan fingerprint density at radius 3 is 1.72 bits per heavy atom. The lowest BCUT2D eigenvalue weighted by Crippen LogP contribution is -2.22. The normalized spacial score (nSPS) is 14.5. The first-order valence-corrected chi connectivity index (χ1v) is 19.5. The molecule has 8 aromatic carbocycles. The van der Waals surface area contributed by atoms with Crippen molar-refractivity contribution in [2.45, 2.75) is 12.3 Å². The molecule has 0 N–H and O–H groups in total. The zero-order valence-corrected chi connectivity index (χ0v) is 31.4. The number of furan rings is 1. The minimum absolute atomic E-state index is 0.300. The van der Waals surface area contributed by atoms with E-state index < -0.39 is 0 Å². The minimum Gasteiger partial charge on any atom is -0.456 e. The Hall–Kier alpha value is -7.36. The van der Waals surface area contributed by atoms with E-state index in [1.165, 1.54) is 27.8 Å². The monoisotopic (exact) mass is 728 g/mol. The topological polar surface area (TPSA) is 38.9 Å². The molecule has 1 atom stereocenters. The van der Waals surface area contributed by atoms with Crippen molar-refractivity contribution in [2.75, 3.05) is 0 Å². The van der Waals surface area contributed by atoms with Crippen molar-refractivity contribution in [2.24, 2.45) is 0 Å². The Bertz CT molecular complexity index is 3130. The molecule has 0 amide bonds. The molecule has 0 aliphatic heterocycles. The van der Waals surface area contributed by atoms with Gasteiger partial charge in [0.1, 0.15) is 11.2 Å². The van der Waals surface area contributed by atoms with Gasteiger partial charge in [0.05, 0.1) is 11.4 Å². The maximum Gasteiger partial charge on any atom is 0.160 e. The highest BCUT2D eigenvalue weighted by Crippen LogP contribution is 2.53. The van der Waals surface area contributed by atoms with Crippen LogP contribution in [0.3, 0.4) is 0 Å². The van der Waals surface area contributed by atoms with Crippen LogP contribution in [-0.4, -0.2) is 9.97 Å². The second-order valence-corrected chi connectivity index (χ2v) is 15.1. The number of hydrogen-bond acceptors (Lipinski definition) is 3. The number of rotatable bonds is 6. The quantitative estimate of drug-likeness (QED) is 0.171. The summed E-state index contributed by atoms with van der Waals surface area (Å²) in [6, 6.07) is 71.1. The molecule has 3 heteroatoms. The van der Waals surface area contributed by atoms with E-state index in [2.05, 4.69) is 177 Å². The Labute approximate surface area is 331 Å². The van der Waals surface area contributed by atoms with Crippen molar-refractivity contribution in [1.29, 1.82) is 0 Å². The molecule has 0 saturated heterocycles. The summed E-state index contributed by atoms with van der Waals surface area (Å²) in [6.45, 7) is 2.36. The predicted octanol–water partition coefficient (Wildman–Crippen LogP) is 14.0. The first-order valence-electron chi connectivity index (χ1n) is 19.5. The molecule has 2 aromatic heterocycles. The van der Waals surface area contributed by atoms with E-state index in [4.69, 9.17) is 14.4 Å². The highest BCUT2D eigenvalue weighted by atomic mass is 16.3. The molecule has 1 unspecified atom stereocenters. The van der Waals surface area contributed by atoms with Crippen molar-refractivity contribution in [1.82, 2.24) is 9.97 Å². The van der Waals surface area contributed by atoms with Gasteiger partial charge in [-0.3, -0.25) is 0 Å². The smallest absolute Gasteiger partial charge is 0.160 e. The number of aromatic nitrogens is 2. The van der Waals surface area contributed by atoms with E-state index in [1.54, 1.807) is 0 Å². The molecule has 0 bridgehead atoms. The van der Waals surface area contributed by atoms with Crippen LogP contribution in [0.25, 0.3) is 89.2 Å². The summed E-state index contributed by atoms with van der Waals surface area (Å²) in [5.74, 6) is 0.702. The molecule has 10 aromatic rings. The van der Waals surface area contributed by atoms with Gasteiger partial charge >= 0.3 is 0 Å². The lowest BCUT2D eigenvalue weighted by Gasteiger charge is -2.28. The molecular formula is C54H36N2O. The average Bonchev–Trinajstić information content (AvgIpc) is 3.79. The fourth-order valence-electron chi connectivity index (χ4n) is 8.89. The molecule has 0 spiro atoms. The molecule has 11 rings (SSSR count). The van der Waals surface area contributed by atoms with Gasteiger partial charge in [0.25, 0.3) is 0 Å². The lowest BCUT2D eigenvalue weighted by molar-refractivity contribution is 0.669. The van der Waals surface area contributed by atoms with Gasteiger partial charge in [0.2, 0.25) is 0 Å². The van der Waals surface area contributed by atoms with E-state index >= 15 is 0 Å². The first kappa shape index (κ1) is 33.0. The third kappa shape index (κ3) is 5.43. The van der Waals surface area contributed by atoms with Crippen LogP contribution in [-0.2, 0) is 5.41 Å². The van der Waals surface area contributed by atoms with Gasteiger partial charge in [-0.05, 0) is 87.3 Å². The molecular weight excluding hydrogens is 693 g/mol. The van der Waals surface area contributed by atoms with Gasteiger partial charge in [-0.2, -0.15) is 0 Å². The number of nitrogens with zero attached hydrogens (tertiary/aromatic N) is 2. The van der Waals surface area contributed by atoms with Crippen LogP contribution in [0, 0.1) is 0 Å². The molecule has 3 nitrogen and oxygen atoms in total. The number of para-hydroxylation sites is 1. The standard InChI is InChI=1S/C54H36N2O/c1-54(40-16-6-3-7-17-40)47-22-12-10-20-43(47)44-30-29-39(32-48(44)54)50-34-49(55-53(56-50)37-14-4-2-5-15-37)36-26-24-35(25-27-36)41-18-8-9-19-42(41)38-28-31-46-45-21-11-13-23-51(45)57-52(46)33-38/h2-34H,1H3. The SMILES string of the molecule is CC1(c2ccccc2)c2ccccc2-c2ccc(-c3cc(-c4ccc(-c5ccccc5-c5ccc6c(c5)oc5ccccc56)cc4)nc(-c4ccccc4)n3)cc21. The van der Waals surface area contributed by atoms with E-state index in [9.17, 15) is 0 Å². The van der Waals surface area contributed by atoms with Crippen molar-refractivity contribution in [3.8, 4) is 67.3 Å². The van der Waals surface area contributed by atoms with Gasteiger partial charge in [-0.1, -0.05) is 170 Å². The molecule has 1 aliphatic rings. The van der Waals surface area contributed by atoms with Gasteiger partial charge in [-0.25, -0.2) is 9.97 Å². The van der Waals surface area contributed by atoms with E-state index in [1.807, 2.05) is 30.3 Å². The summed E-state index contributed by atoms with van der Waals surface area (Å²) in [6.07, 6.45) is 0. The highest BCUT2D eigenvalue weighted by molar-refractivity contribution is 6.06. The second kappa shape index (κ2) is 13.1. The Morgan fingerprint density at radius 1 is 0.368 bits per heavy atom. The maximum absolute atomic E-state index is 6.26. The first-order chi connectivity index (χ1) is 28.1. The summed E-state index contributed by atoms with van der Waals surface area (Å²) in [5, 5.41) is 2.27. The summed E-state index contributed by atoms with van der Waals surface area (Å²) in [5.41, 5.74) is 17.4. The van der Waals surface area contributed by atoms with Crippen molar-refractivity contribution in [3.63, 3.8) is 0 Å². The van der Waals surface area contributed by atoms with E-state index in [-0.39, 0.29) is 5.41 Å². The third-order valence-electron chi connectivity index (χ3n) is 11.8. The molecule has 57 heavy (non-hydrogen) atoms. The van der Waals surface area contributed by atoms with Crippen molar-refractivity contribution >= 4 is 21.9 Å². The van der Waals surface area contributed by atoms with Gasteiger partial charge in [0.15, 0.2) is 5.82 Å². The largest absolute Gasteiger partial charge is 0.456 e. The average molecular weight is 729 g/mol. The van der Waals surface area contributed by atoms with Crippen LogP contribution in [0.4, 0.5) is 0 Å². The van der Waals surface area contributed by atoms with Crippen LogP contribution < -0.4 is 0 Å². The molecule has 1 aliphatic carbocycles. The van der Waals surface area contributed by atoms with E-state index in [0.29, 0.717) is 5.82 Å². The number of hydrogen-bond donors (Lipinski definition) is 0. The van der Waals surface area contributed by atoms with Crippen LogP contribution in [0.2, 0.25) is 0 Å². The maximum atomic E-state index is 6.26. The van der Waals surface area contributed by atoms with Crippen molar-refractivity contribution in [3.05, 3.63) is 217 Å². The van der Waals surface area contributed by atoms with Gasteiger partial charge < -0.3 is 4.42 Å². The minimum atomic E-state index is -0.300. The number of fused-ring (bicyclic) bond motifs is 6. The summed E-state index contributed by atoms with van der Waals surface area (Å²) < 4.78 is 6.26. The zero-order chi connectivity index (χ0) is 37.9.